The van der Waals surface area contributed by atoms with Crippen LogP contribution in [0.25, 0.3) is 16.7 Å². The van der Waals surface area contributed by atoms with E-state index in [0.717, 1.165) is 0 Å². The molecular formula is C18H15N5O5. The van der Waals surface area contributed by atoms with Crippen molar-refractivity contribution in [1.82, 2.24) is 24.1 Å². The number of hydrogen-bond donors (Lipinski definition) is 0. The summed E-state index contributed by atoms with van der Waals surface area (Å²) in [5.41, 5.74) is -0.221. The van der Waals surface area contributed by atoms with Crippen LogP contribution in [0.4, 0.5) is 0 Å². The summed E-state index contributed by atoms with van der Waals surface area (Å²) in [6, 6.07) is 6.54. The van der Waals surface area contributed by atoms with Crippen LogP contribution in [0.15, 0.2) is 44.6 Å². The van der Waals surface area contributed by atoms with Crippen LogP contribution in [0.5, 0.6) is 0 Å². The highest BCUT2D eigenvalue weighted by molar-refractivity contribution is 5.99. The summed E-state index contributed by atoms with van der Waals surface area (Å²) < 4.78 is 12.6. The number of ether oxygens (including phenoxy) is 1. The largest absolute Gasteiger partial charge is 0.461 e. The first-order chi connectivity index (χ1) is 13.5. The van der Waals surface area contributed by atoms with Gasteiger partial charge in [-0.25, -0.2) is 9.78 Å². The zero-order valence-corrected chi connectivity index (χ0v) is 15.1. The Morgan fingerprint density at radius 2 is 2.07 bits per heavy atom. The predicted molar refractivity (Wildman–Crippen MR) is 97.3 cm³/mol. The Labute approximate surface area is 157 Å². The fourth-order valence-corrected chi connectivity index (χ4v) is 2.91. The first-order valence-corrected chi connectivity index (χ1v) is 8.51. The van der Waals surface area contributed by atoms with Crippen LogP contribution in [0.1, 0.15) is 28.9 Å². The maximum atomic E-state index is 13.0. The molecule has 4 heterocycles. The van der Waals surface area contributed by atoms with Crippen LogP contribution in [0.3, 0.4) is 0 Å². The summed E-state index contributed by atoms with van der Waals surface area (Å²) in [5, 5.41) is 3.56. The minimum atomic E-state index is -0.766. The second kappa shape index (κ2) is 6.72. The summed E-state index contributed by atoms with van der Waals surface area (Å²) in [6.07, 6.45) is 1.61. The molecule has 4 aromatic heterocycles. The third-order valence-corrected chi connectivity index (χ3v) is 4.20. The van der Waals surface area contributed by atoms with Gasteiger partial charge in [-0.05, 0) is 26.0 Å². The average molecular weight is 381 g/mol. The number of esters is 1. The molecule has 4 aromatic rings. The number of hydrogen-bond acceptors (Lipinski definition) is 8. The van der Waals surface area contributed by atoms with Crippen molar-refractivity contribution in [1.29, 1.82) is 0 Å². The van der Waals surface area contributed by atoms with Crippen molar-refractivity contribution in [2.24, 2.45) is 0 Å². The van der Waals surface area contributed by atoms with E-state index in [1.54, 1.807) is 38.2 Å². The van der Waals surface area contributed by atoms with E-state index in [9.17, 15) is 14.4 Å². The van der Waals surface area contributed by atoms with E-state index >= 15 is 0 Å². The van der Waals surface area contributed by atoms with Gasteiger partial charge < -0.3 is 9.26 Å². The zero-order valence-electron chi connectivity index (χ0n) is 15.1. The third-order valence-electron chi connectivity index (χ3n) is 4.20. The van der Waals surface area contributed by atoms with E-state index in [-0.39, 0.29) is 35.5 Å². The lowest BCUT2D eigenvalue weighted by atomic mass is 10.3. The van der Waals surface area contributed by atoms with Gasteiger partial charge >= 0.3 is 5.97 Å². The van der Waals surface area contributed by atoms with Gasteiger partial charge in [-0.1, -0.05) is 11.2 Å². The molecule has 0 N–H and O–H groups in total. The summed E-state index contributed by atoms with van der Waals surface area (Å²) in [6.45, 7) is 3.39. The Kier molecular flexibility index (Phi) is 4.22. The molecule has 0 radical (unpaired) electrons. The Morgan fingerprint density at radius 3 is 2.86 bits per heavy atom. The quantitative estimate of drug-likeness (QED) is 0.479. The molecule has 0 unspecified atom stereocenters. The highest BCUT2D eigenvalue weighted by Crippen LogP contribution is 2.15. The number of nitrogens with zero attached hydrogens (tertiary/aromatic N) is 5. The highest BCUT2D eigenvalue weighted by Gasteiger charge is 2.23. The molecule has 0 bridgehead atoms. The van der Waals surface area contributed by atoms with Gasteiger partial charge in [-0.2, -0.15) is 4.98 Å². The molecule has 28 heavy (non-hydrogen) atoms. The maximum absolute atomic E-state index is 13.0. The van der Waals surface area contributed by atoms with Crippen LogP contribution in [0.2, 0.25) is 0 Å². The molecule has 0 saturated carbocycles. The highest BCUT2D eigenvalue weighted by atomic mass is 16.5. The van der Waals surface area contributed by atoms with Gasteiger partial charge in [-0.3, -0.25) is 18.6 Å². The molecule has 0 spiro atoms. The second-order valence-corrected chi connectivity index (χ2v) is 6.00. The molecule has 4 rings (SSSR count). The van der Waals surface area contributed by atoms with Crippen molar-refractivity contribution in [2.45, 2.75) is 20.4 Å². The first kappa shape index (κ1) is 17.6. The third kappa shape index (κ3) is 2.84. The van der Waals surface area contributed by atoms with Gasteiger partial charge in [0.2, 0.25) is 5.69 Å². The van der Waals surface area contributed by atoms with Gasteiger partial charge in [0.15, 0.2) is 0 Å². The fourth-order valence-electron chi connectivity index (χ4n) is 2.91. The van der Waals surface area contributed by atoms with Gasteiger partial charge in [0.25, 0.3) is 16.8 Å². The van der Waals surface area contributed by atoms with Crippen molar-refractivity contribution >= 4 is 22.7 Å². The molecule has 0 amide bonds. The Morgan fingerprint density at radius 1 is 1.25 bits per heavy atom. The van der Waals surface area contributed by atoms with Crippen molar-refractivity contribution in [3.63, 3.8) is 0 Å². The minimum Gasteiger partial charge on any atom is -0.461 e. The Hall–Kier alpha value is -3.82. The molecule has 10 nitrogen and oxygen atoms in total. The minimum absolute atomic E-state index is 0.00167. The first-order valence-electron chi connectivity index (χ1n) is 8.51. The van der Waals surface area contributed by atoms with Gasteiger partial charge in [0.05, 0.1) is 18.8 Å². The monoisotopic (exact) mass is 381 g/mol. The molecule has 0 aromatic carbocycles. The summed E-state index contributed by atoms with van der Waals surface area (Å²) in [4.78, 5) is 45.9. The fraction of sp³-hybridized carbons (Fsp3) is 0.222. The van der Waals surface area contributed by atoms with E-state index in [1.165, 1.54) is 15.0 Å². The molecule has 0 aliphatic carbocycles. The molecule has 10 heteroatoms. The number of aryl methyl sites for hydroxylation is 1. The Balaban J connectivity index is 1.85. The maximum Gasteiger partial charge on any atom is 0.361 e. The molecular weight excluding hydrogens is 366 g/mol. The summed E-state index contributed by atoms with van der Waals surface area (Å²) >= 11 is 0. The van der Waals surface area contributed by atoms with Crippen LogP contribution in [-0.4, -0.2) is 36.7 Å². The molecule has 142 valence electrons. The van der Waals surface area contributed by atoms with Crippen LogP contribution < -0.4 is 11.1 Å². The Bertz CT molecular complexity index is 1330. The van der Waals surface area contributed by atoms with Crippen LogP contribution in [-0.2, 0) is 11.3 Å². The number of aromatic nitrogens is 5. The van der Waals surface area contributed by atoms with Crippen molar-refractivity contribution < 1.29 is 14.1 Å². The number of rotatable bonds is 4. The van der Waals surface area contributed by atoms with Gasteiger partial charge in [0.1, 0.15) is 16.9 Å². The summed E-state index contributed by atoms with van der Waals surface area (Å²) in [5.74, 6) is -0.434. The smallest absolute Gasteiger partial charge is 0.361 e. The number of carbonyl (C=O) groups excluding carboxylic acids is 1. The van der Waals surface area contributed by atoms with Gasteiger partial charge in [0, 0.05) is 12.3 Å². The number of fused-ring (bicyclic) bond motifs is 2. The van der Waals surface area contributed by atoms with E-state index in [1.807, 2.05) is 0 Å². The van der Waals surface area contributed by atoms with Crippen molar-refractivity contribution in [3.8, 4) is 0 Å². The molecule has 0 aliphatic heterocycles. The zero-order chi connectivity index (χ0) is 19.8. The second-order valence-electron chi connectivity index (χ2n) is 6.00. The topological polar surface area (TPSA) is 122 Å². The average Bonchev–Trinajstić information content (AvgIpc) is 3.09. The van der Waals surface area contributed by atoms with E-state index in [0.29, 0.717) is 17.2 Å². The standard InChI is InChI=1S/C18H15N5O5/c1-3-27-18(26)15-14-16(28-21-15)19-10(2)23(17(14)25)9-11-8-13(24)22-7-5-4-6-12(22)20-11/h4-8H,3,9H2,1-2H3. The van der Waals surface area contributed by atoms with E-state index in [4.69, 9.17) is 9.26 Å². The molecule has 0 saturated heterocycles. The lowest BCUT2D eigenvalue weighted by Crippen LogP contribution is -2.27. The normalized spacial score (nSPS) is 11.2. The SMILES string of the molecule is CCOC(=O)c1noc2nc(C)n(Cc3cc(=O)n4ccccc4n3)c(=O)c12. The molecule has 0 atom stereocenters. The van der Waals surface area contributed by atoms with Crippen LogP contribution >= 0.6 is 0 Å². The summed E-state index contributed by atoms with van der Waals surface area (Å²) in [7, 11) is 0. The number of pyridine rings is 1. The van der Waals surface area contributed by atoms with Gasteiger partial charge in [-0.15, -0.1) is 0 Å². The van der Waals surface area contributed by atoms with E-state index in [2.05, 4.69) is 15.1 Å². The van der Waals surface area contributed by atoms with Crippen LogP contribution in [0, 0.1) is 6.92 Å². The molecule has 0 fully saturated rings. The lowest BCUT2D eigenvalue weighted by molar-refractivity contribution is 0.0516. The molecule has 0 aliphatic rings. The lowest BCUT2D eigenvalue weighted by Gasteiger charge is -2.09. The van der Waals surface area contributed by atoms with Crippen molar-refractivity contribution in [2.75, 3.05) is 6.61 Å². The van der Waals surface area contributed by atoms with E-state index < -0.39 is 11.5 Å². The van der Waals surface area contributed by atoms with Crippen molar-refractivity contribution in [3.05, 3.63) is 68.4 Å². The number of carbonyl (C=O) groups is 1. The predicted octanol–water partition coefficient (Wildman–Crippen LogP) is 0.926.